The average molecular weight is 545 g/mol. The highest BCUT2D eigenvalue weighted by molar-refractivity contribution is 6.31. The maximum atomic E-state index is 13.5. The number of nitrogens with one attached hydrogen (secondary N) is 1. The number of esters is 1. The van der Waals surface area contributed by atoms with Crippen molar-refractivity contribution < 1.29 is 28.1 Å². The summed E-state index contributed by atoms with van der Waals surface area (Å²) in [5, 5.41) is 3.82. The summed E-state index contributed by atoms with van der Waals surface area (Å²) in [4.78, 5) is 22.9. The Labute approximate surface area is 225 Å². The highest BCUT2D eigenvalue weighted by atomic mass is 35.5. The SMILES string of the molecule is CC1(C)CN(CCOc2cc3nc(Nc4ccc(F)c(Cl)c4)ncc3cc2OC[C@@H]2CCCO2)CC(=O)O1. The molecule has 2 aliphatic rings. The van der Waals surface area contributed by atoms with Crippen molar-refractivity contribution in [2.75, 3.05) is 44.8 Å². The van der Waals surface area contributed by atoms with Gasteiger partial charge in [0.2, 0.25) is 5.95 Å². The number of hydrogen-bond acceptors (Lipinski definition) is 9. The number of cyclic esters (lactones) is 1. The highest BCUT2D eigenvalue weighted by Crippen LogP contribution is 2.33. The molecule has 3 heterocycles. The van der Waals surface area contributed by atoms with Crippen LogP contribution in [0.1, 0.15) is 26.7 Å². The number of carbonyl (C=O) groups excluding carboxylic acids is 1. The minimum Gasteiger partial charge on any atom is -0.488 e. The van der Waals surface area contributed by atoms with Crippen LogP contribution >= 0.6 is 11.6 Å². The molecule has 1 atom stereocenters. The van der Waals surface area contributed by atoms with E-state index in [0.717, 1.165) is 24.8 Å². The smallest absolute Gasteiger partial charge is 0.320 e. The lowest BCUT2D eigenvalue weighted by atomic mass is 10.1. The molecular weight excluding hydrogens is 515 g/mol. The van der Waals surface area contributed by atoms with Crippen LogP contribution in [0.25, 0.3) is 10.9 Å². The lowest BCUT2D eigenvalue weighted by Gasteiger charge is -2.37. The van der Waals surface area contributed by atoms with Crippen LogP contribution in [0.2, 0.25) is 5.02 Å². The summed E-state index contributed by atoms with van der Waals surface area (Å²) in [6.45, 7) is 6.68. The Kier molecular flexibility index (Phi) is 7.83. The van der Waals surface area contributed by atoms with E-state index in [1.807, 2.05) is 24.8 Å². The van der Waals surface area contributed by atoms with Crippen molar-refractivity contribution in [2.24, 2.45) is 0 Å². The third-order valence-electron chi connectivity index (χ3n) is 6.28. The van der Waals surface area contributed by atoms with Crippen molar-refractivity contribution in [2.45, 2.75) is 38.4 Å². The van der Waals surface area contributed by atoms with Crippen molar-refractivity contribution in [3.05, 3.63) is 47.4 Å². The molecule has 1 aromatic heterocycles. The second-order valence-electron chi connectivity index (χ2n) is 10.0. The molecule has 2 aromatic carbocycles. The summed E-state index contributed by atoms with van der Waals surface area (Å²) < 4.78 is 36.9. The zero-order valence-electron chi connectivity index (χ0n) is 21.3. The highest BCUT2D eigenvalue weighted by Gasteiger charge is 2.32. The van der Waals surface area contributed by atoms with Crippen LogP contribution in [-0.2, 0) is 14.3 Å². The van der Waals surface area contributed by atoms with Crippen molar-refractivity contribution in [1.82, 2.24) is 14.9 Å². The van der Waals surface area contributed by atoms with E-state index in [-0.39, 0.29) is 23.6 Å². The molecule has 3 aromatic rings. The summed E-state index contributed by atoms with van der Waals surface area (Å²) in [6, 6.07) is 7.96. The second-order valence-corrected chi connectivity index (χ2v) is 10.5. The number of aromatic nitrogens is 2. The Morgan fingerprint density at radius 3 is 2.84 bits per heavy atom. The number of hydrogen-bond donors (Lipinski definition) is 1. The first-order chi connectivity index (χ1) is 18.2. The number of fused-ring (bicyclic) bond motifs is 1. The molecule has 5 rings (SSSR count). The molecule has 0 saturated carbocycles. The number of benzene rings is 2. The Morgan fingerprint density at radius 1 is 1.24 bits per heavy atom. The van der Waals surface area contributed by atoms with Gasteiger partial charge in [-0.05, 0) is 51.0 Å². The first-order valence-corrected chi connectivity index (χ1v) is 13.0. The molecule has 38 heavy (non-hydrogen) atoms. The van der Waals surface area contributed by atoms with E-state index in [1.54, 1.807) is 18.3 Å². The topological polar surface area (TPSA) is 95.0 Å². The van der Waals surface area contributed by atoms with E-state index in [0.29, 0.717) is 55.0 Å². The second kappa shape index (κ2) is 11.3. The van der Waals surface area contributed by atoms with Gasteiger partial charge in [-0.2, -0.15) is 0 Å². The molecule has 2 aliphatic heterocycles. The van der Waals surface area contributed by atoms with E-state index in [9.17, 15) is 9.18 Å². The van der Waals surface area contributed by atoms with Gasteiger partial charge in [0.15, 0.2) is 11.5 Å². The van der Waals surface area contributed by atoms with Crippen molar-refractivity contribution >= 4 is 40.1 Å². The molecule has 1 N–H and O–H groups in total. The summed E-state index contributed by atoms with van der Waals surface area (Å²) in [5.74, 6) is 0.684. The molecule has 202 valence electrons. The van der Waals surface area contributed by atoms with Gasteiger partial charge in [0.25, 0.3) is 0 Å². The van der Waals surface area contributed by atoms with Crippen molar-refractivity contribution in [3.63, 3.8) is 0 Å². The standard InChI is InChI=1S/C27H30ClFN4O5/c1-27(2)16-33(14-25(34)38-27)7-9-36-24-12-22-17(10-23(24)37-15-19-4-3-8-35-19)13-30-26(32-22)31-18-5-6-21(29)20(28)11-18/h5-6,10-13,19H,3-4,7-9,14-16H2,1-2H3,(H,30,31,32)/t19-/m0/s1. The van der Waals surface area contributed by atoms with Gasteiger partial charge in [0, 0.05) is 43.0 Å². The minimum atomic E-state index is -0.539. The first kappa shape index (κ1) is 26.4. The fourth-order valence-electron chi connectivity index (χ4n) is 4.58. The van der Waals surface area contributed by atoms with Crippen LogP contribution in [-0.4, -0.2) is 72.0 Å². The van der Waals surface area contributed by atoms with E-state index >= 15 is 0 Å². The van der Waals surface area contributed by atoms with Gasteiger partial charge in [-0.1, -0.05) is 11.6 Å². The van der Waals surface area contributed by atoms with Crippen LogP contribution in [0.4, 0.5) is 16.0 Å². The van der Waals surface area contributed by atoms with Crippen LogP contribution in [0.5, 0.6) is 11.5 Å². The maximum absolute atomic E-state index is 13.5. The number of rotatable bonds is 9. The molecule has 0 unspecified atom stereocenters. The molecule has 0 bridgehead atoms. The zero-order valence-corrected chi connectivity index (χ0v) is 22.1. The van der Waals surface area contributed by atoms with E-state index in [4.69, 9.17) is 30.5 Å². The summed E-state index contributed by atoms with van der Waals surface area (Å²) in [7, 11) is 0. The number of morpholine rings is 1. The van der Waals surface area contributed by atoms with Gasteiger partial charge in [-0.15, -0.1) is 0 Å². The normalized spacial score (nSPS) is 19.4. The number of carbonyl (C=O) groups is 1. The lowest BCUT2D eigenvalue weighted by Crippen LogP contribution is -2.51. The Bertz CT molecular complexity index is 1320. The molecule has 11 heteroatoms. The maximum Gasteiger partial charge on any atom is 0.320 e. The Balaban J connectivity index is 1.34. The summed E-state index contributed by atoms with van der Waals surface area (Å²) in [6.07, 6.45) is 3.70. The van der Waals surface area contributed by atoms with Gasteiger partial charge in [-0.25, -0.2) is 14.4 Å². The van der Waals surface area contributed by atoms with Gasteiger partial charge in [0.1, 0.15) is 24.6 Å². The molecule has 2 saturated heterocycles. The molecule has 9 nitrogen and oxygen atoms in total. The van der Waals surface area contributed by atoms with Gasteiger partial charge >= 0.3 is 5.97 Å². The molecular formula is C27H30ClFN4O5. The average Bonchev–Trinajstić information content (AvgIpc) is 3.37. The monoisotopic (exact) mass is 544 g/mol. The molecule has 0 spiro atoms. The molecule has 0 amide bonds. The van der Waals surface area contributed by atoms with Crippen LogP contribution in [0, 0.1) is 5.82 Å². The van der Waals surface area contributed by atoms with Gasteiger partial charge in [0.05, 0.1) is 23.2 Å². The molecule has 2 fully saturated rings. The first-order valence-electron chi connectivity index (χ1n) is 12.6. The van der Waals surface area contributed by atoms with E-state index < -0.39 is 11.4 Å². The fourth-order valence-corrected chi connectivity index (χ4v) is 4.76. The van der Waals surface area contributed by atoms with Gasteiger partial charge < -0.3 is 24.3 Å². The largest absolute Gasteiger partial charge is 0.488 e. The number of halogens is 2. The predicted octanol–water partition coefficient (Wildman–Crippen LogP) is 4.74. The van der Waals surface area contributed by atoms with E-state index in [2.05, 4.69) is 15.3 Å². The molecule has 0 radical (unpaired) electrons. The van der Waals surface area contributed by atoms with Crippen molar-refractivity contribution in [1.29, 1.82) is 0 Å². The number of ether oxygens (including phenoxy) is 4. The van der Waals surface area contributed by atoms with Crippen LogP contribution in [0.15, 0.2) is 36.5 Å². The Morgan fingerprint density at radius 2 is 2.08 bits per heavy atom. The Hall–Kier alpha value is -3.21. The lowest BCUT2D eigenvalue weighted by molar-refractivity contribution is -0.169. The third-order valence-corrected chi connectivity index (χ3v) is 6.57. The van der Waals surface area contributed by atoms with Crippen LogP contribution in [0.3, 0.4) is 0 Å². The summed E-state index contributed by atoms with van der Waals surface area (Å²) >= 11 is 5.89. The zero-order chi connectivity index (χ0) is 26.7. The van der Waals surface area contributed by atoms with E-state index in [1.165, 1.54) is 12.1 Å². The van der Waals surface area contributed by atoms with Gasteiger partial charge in [-0.3, -0.25) is 9.69 Å². The predicted molar refractivity (Wildman–Crippen MR) is 141 cm³/mol. The molecule has 0 aliphatic carbocycles. The fraction of sp³-hybridized carbons (Fsp3) is 0.444. The number of anilines is 2. The summed E-state index contributed by atoms with van der Waals surface area (Å²) in [5.41, 5.74) is 0.660. The number of nitrogens with zero attached hydrogens (tertiary/aromatic N) is 3. The quantitative estimate of drug-likeness (QED) is 0.383. The third kappa shape index (κ3) is 6.61. The minimum absolute atomic E-state index is 0.00450. The van der Waals surface area contributed by atoms with Crippen LogP contribution < -0.4 is 14.8 Å². The van der Waals surface area contributed by atoms with Crippen molar-refractivity contribution in [3.8, 4) is 11.5 Å².